The van der Waals surface area contributed by atoms with Gasteiger partial charge in [-0.2, -0.15) is 0 Å². The summed E-state index contributed by atoms with van der Waals surface area (Å²) in [7, 11) is 1.88. The van der Waals surface area contributed by atoms with Gasteiger partial charge in [-0.3, -0.25) is 0 Å². The van der Waals surface area contributed by atoms with Crippen molar-refractivity contribution in [2.45, 2.75) is 19.8 Å². The molecule has 0 aliphatic rings. The highest BCUT2D eigenvalue weighted by molar-refractivity contribution is 5.81. The Kier molecular flexibility index (Phi) is 3.52. The average Bonchev–Trinajstić information content (AvgIpc) is 2.53. The molecule has 1 N–H and O–H groups in total. The Bertz CT molecular complexity index is 781. The molecule has 0 saturated carbocycles. The fraction of sp³-hybridized carbons (Fsp3) is 0.235. The van der Waals surface area contributed by atoms with Gasteiger partial charge in [0.1, 0.15) is 12.1 Å². The smallest absolute Gasteiger partial charge is 0.133 e. The number of benzene rings is 1. The Morgan fingerprint density at radius 2 is 1.81 bits per heavy atom. The molecule has 4 heteroatoms. The zero-order valence-corrected chi connectivity index (χ0v) is 12.5. The van der Waals surface area contributed by atoms with Crippen LogP contribution in [0.1, 0.15) is 25.3 Å². The second kappa shape index (κ2) is 5.48. The Labute approximate surface area is 124 Å². The number of aromatic nitrogens is 3. The van der Waals surface area contributed by atoms with Gasteiger partial charge in [0.15, 0.2) is 0 Å². The summed E-state index contributed by atoms with van der Waals surface area (Å²) < 4.78 is 0. The SMILES string of the molecule is CNc1ncnc(-c2ccc3ccccc3n2)c1C(C)C. The second-order valence-electron chi connectivity index (χ2n) is 5.28. The van der Waals surface area contributed by atoms with Crippen LogP contribution < -0.4 is 5.32 Å². The minimum Gasteiger partial charge on any atom is -0.373 e. The molecule has 4 nitrogen and oxygen atoms in total. The number of hydrogen-bond acceptors (Lipinski definition) is 4. The number of fused-ring (bicyclic) bond motifs is 1. The van der Waals surface area contributed by atoms with Crippen LogP contribution in [0.25, 0.3) is 22.3 Å². The third-order valence-corrected chi connectivity index (χ3v) is 3.54. The lowest BCUT2D eigenvalue weighted by molar-refractivity contribution is 0.851. The first-order valence-corrected chi connectivity index (χ1v) is 7.09. The topological polar surface area (TPSA) is 50.7 Å². The van der Waals surface area contributed by atoms with Crippen molar-refractivity contribution in [3.8, 4) is 11.4 Å². The lowest BCUT2D eigenvalue weighted by atomic mass is 9.99. The summed E-state index contributed by atoms with van der Waals surface area (Å²) in [5, 5.41) is 4.28. The first-order chi connectivity index (χ1) is 10.2. The van der Waals surface area contributed by atoms with Crippen LogP contribution in [0.5, 0.6) is 0 Å². The second-order valence-corrected chi connectivity index (χ2v) is 5.28. The Morgan fingerprint density at radius 1 is 1.00 bits per heavy atom. The molecule has 0 amide bonds. The summed E-state index contributed by atoms with van der Waals surface area (Å²) in [6.45, 7) is 4.29. The maximum atomic E-state index is 4.75. The molecular weight excluding hydrogens is 260 g/mol. The Morgan fingerprint density at radius 3 is 2.57 bits per heavy atom. The van der Waals surface area contributed by atoms with Gasteiger partial charge >= 0.3 is 0 Å². The van der Waals surface area contributed by atoms with E-state index < -0.39 is 0 Å². The molecule has 0 saturated heterocycles. The molecular formula is C17H18N4. The van der Waals surface area contributed by atoms with Gasteiger partial charge in [0.2, 0.25) is 0 Å². The van der Waals surface area contributed by atoms with E-state index in [2.05, 4.69) is 41.3 Å². The van der Waals surface area contributed by atoms with Crippen LogP contribution in [0.3, 0.4) is 0 Å². The van der Waals surface area contributed by atoms with Gasteiger partial charge in [-0.15, -0.1) is 0 Å². The summed E-state index contributed by atoms with van der Waals surface area (Å²) in [5.41, 5.74) is 3.86. The van der Waals surface area contributed by atoms with Gasteiger partial charge in [-0.1, -0.05) is 38.1 Å². The van der Waals surface area contributed by atoms with Gasteiger partial charge in [0.25, 0.3) is 0 Å². The van der Waals surface area contributed by atoms with Crippen LogP contribution in [-0.2, 0) is 0 Å². The Hall–Kier alpha value is -2.49. The quantitative estimate of drug-likeness (QED) is 0.790. The highest BCUT2D eigenvalue weighted by Gasteiger charge is 2.16. The lowest BCUT2D eigenvalue weighted by Crippen LogP contribution is -2.05. The van der Waals surface area contributed by atoms with Crippen molar-refractivity contribution in [2.75, 3.05) is 12.4 Å². The number of nitrogens with one attached hydrogen (secondary N) is 1. The molecule has 0 aliphatic carbocycles. The lowest BCUT2D eigenvalue weighted by Gasteiger charge is -2.15. The summed E-state index contributed by atoms with van der Waals surface area (Å²) >= 11 is 0. The maximum Gasteiger partial charge on any atom is 0.133 e. The zero-order valence-electron chi connectivity index (χ0n) is 12.5. The van der Waals surface area contributed by atoms with Crippen molar-refractivity contribution in [3.63, 3.8) is 0 Å². The molecule has 106 valence electrons. The molecule has 2 heterocycles. The standard InChI is InChI=1S/C17H18N4/c1-11(2)15-16(19-10-20-17(15)18-3)14-9-8-12-6-4-5-7-13(12)21-14/h4-11H,1-3H3,(H,18,19,20). The van der Waals surface area contributed by atoms with Crippen molar-refractivity contribution >= 4 is 16.7 Å². The van der Waals surface area contributed by atoms with Crippen LogP contribution in [-0.4, -0.2) is 22.0 Å². The molecule has 0 radical (unpaired) electrons. The van der Waals surface area contributed by atoms with Crippen LogP contribution >= 0.6 is 0 Å². The predicted octanol–water partition coefficient (Wildman–Crippen LogP) is 3.86. The van der Waals surface area contributed by atoms with Crippen LogP contribution in [0.4, 0.5) is 5.82 Å². The normalized spacial score (nSPS) is 11.0. The van der Waals surface area contributed by atoms with Gasteiger partial charge in [-0.25, -0.2) is 15.0 Å². The first kappa shape index (κ1) is 13.5. The average molecular weight is 278 g/mol. The third-order valence-electron chi connectivity index (χ3n) is 3.54. The number of para-hydroxylation sites is 1. The van der Waals surface area contributed by atoms with E-state index in [4.69, 9.17) is 4.98 Å². The molecule has 3 rings (SSSR count). The zero-order chi connectivity index (χ0) is 14.8. The molecule has 0 bridgehead atoms. The van der Waals surface area contributed by atoms with Crippen molar-refractivity contribution < 1.29 is 0 Å². The van der Waals surface area contributed by atoms with Gasteiger partial charge in [0.05, 0.1) is 16.9 Å². The van der Waals surface area contributed by atoms with Crippen molar-refractivity contribution in [3.05, 3.63) is 48.3 Å². The third kappa shape index (κ3) is 2.44. The summed E-state index contributed by atoms with van der Waals surface area (Å²) in [5.74, 6) is 1.18. The number of nitrogens with zero attached hydrogens (tertiary/aromatic N) is 3. The van der Waals surface area contributed by atoms with Crippen molar-refractivity contribution in [1.82, 2.24) is 15.0 Å². The van der Waals surface area contributed by atoms with E-state index in [1.165, 1.54) is 0 Å². The van der Waals surface area contributed by atoms with E-state index in [0.717, 1.165) is 33.7 Å². The monoisotopic (exact) mass is 278 g/mol. The summed E-state index contributed by atoms with van der Waals surface area (Å²) in [6, 6.07) is 12.2. The van der Waals surface area contributed by atoms with Gasteiger partial charge in [-0.05, 0) is 18.1 Å². The highest BCUT2D eigenvalue weighted by atomic mass is 15.0. The van der Waals surface area contributed by atoms with Crippen LogP contribution in [0.15, 0.2) is 42.7 Å². The van der Waals surface area contributed by atoms with Crippen LogP contribution in [0.2, 0.25) is 0 Å². The number of pyridine rings is 1. The van der Waals surface area contributed by atoms with Crippen LogP contribution in [0, 0.1) is 0 Å². The molecule has 0 fully saturated rings. The van der Waals surface area contributed by atoms with E-state index in [-0.39, 0.29) is 0 Å². The molecule has 0 aliphatic heterocycles. The largest absolute Gasteiger partial charge is 0.373 e. The molecule has 21 heavy (non-hydrogen) atoms. The summed E-state index contributed by atoms with van der Waals surface area (Å²) in [6.07, 6.45) is 1.59. The molecule has 0 atom stereocenters. The van der Waals surface area contributed by atoms with E-state index in [1.54, 1.807) is 6.33 Å². The molecule has 3 aromatic rings. The number of anilines is 1. The minimum absolute atomic E-state index is 0.317. The fourth-order valence-corrected chi connectivity index (χ4v) is 2.54. The fourth-order valence-electron chi connectivity index (χ4n) is 2.54. The molecule has 1 aromatic carbocycles. The van der Waals surface area contributed by atoms with E-state index >= 15 is 0 Å². The summed E-state index contributed by atoms with van der Waals surface area (Å²) in [4.78, 5) is 13.5. The van der Waals surface area contributed by atoms with E-state index in [9.17, 15) is 0 Å². The maximum absolute atomic E-state index is 4.75. The highest BCUT2D eigenvalue weighted by Crippen LogP contribution is 2.31. The van der Waals surface area contributed by atoms with Crippen molar-refractivity contribution in [2.24, 2.45) is 0 Å². The number of rotatable bonds is 3. The molecule has 0 unspecified atom stereocenters. The van der Waals surface area contributed by atoms with Gasteiger partial charge in [0, 0.05) is 18.0 Å². The van der Waals surface area contributed by atoms with Crippen molar-refractivity contribution in [1.29, 1.82) is 0 Å². The predicted molar refractivity (Wildman–Crippen MR) is 86.4 cm³/mol. The minimum atomic E-state index is 0.317. The Balaban J connectivity index is 2.22. The molecule has 2 aromatic heterocycles. The first-order valence-electron chi connectivity index (χ1n) is 7.09. The van der Waals surface area contributed by atoms with E-state index in [0.29, 0.717) is 5.92 Å². The van der Waals surface area contributed by atoms with Gasteiger partial charge < -0.3 is 5.32 Å². The molecule has 0 spiro atoms. The number of hydrogen-bond donors (Lipinski definition) is 1. The van der Waals surface area contributed by atoms with E-state index in [1.807, 2.05) is 31.3 Å².